The number of hydrogen-bond donors (Lipinski definition) is 2. The van der Waals surface area contributed by atoms with Crippen LogP contribution in [-0.4, -0.2) is 32.6 Å². The fourth-order valence-corrected chi connectivity index (χ4v) is 2.41. The SMILES string of the molecule is COc1ccccc1NCC(=O)N/N=C\c1cc2c(cc1Cl)OCO2. The number of nitrogens with one attached hydrogen (secondary N) is 2. The minimum absolute atomic E-state index is 0.0482. The lowest BCUT2D eigenvalue weighted by molar-refractivity contribution is -0.119. The van der Waals surface area contributed by atoms with Gasteiger partial charge in [0.15, 0.2) is 11.5 Å². The van der Waals surface area contributed by atoms with E-state index >= 15 is 0 Å². The summed E-state index contributed by atoms with van der Waals surface area (Å²) in [7, 11) is 1.57. The van der Waals surface area contributed by atoms with Gasteiger partial charge in [0.1, 0.15) is 5.75 Å². The summed E-state index contributed by atoms with van der Waals surface area (Å²) in [6, 6.07) is 10.7. The third kappa shape index (κ3) is 4.13. The number of hydrazone groups is 1. The summed E-state index contributed by atoms with van der Waals surface area (Å²) in [5, 5.41) is 7.34. The smallest absolute Gasteiger partial charge is 0.259 e. The molecule has 1 amide bonds. The standard InChI is InChI=1S/C17H16ClN3O4/c1-23-14-5-3-2-4-13(14)19-9-17(22)21-20-8-11-6-15-16(7-12(11)18)25-10-24-15/h2-8,19H,9-10H2,1H3,(H,21,22)/b20-8-. The summed E-state index contributed by atoms with van der Waals surface area (Å²) >= 11 is 6.13. The van der Waals surface area contributed by atoms with E-state index in [1.54, 1.807) is 25.3 Å². The second kappa shape index (κ2) is 7.76. The predicted octanol–water partition coefficient (Wildman–Crippen LogP) is 2.64. The van der Waals surface area contributed by atoms with E-state index in [4.69, 9.17) is 25.8 Å². The topological polar surface area (TPSA) is 81.2 Å². The van der Waals surface area contributed by atoms with Gasteiger partial charge >= 0.3 is 0 Å². The molecule has 1 aliphatic heterocycles. The molecule has 0 saturated carbocycles. The summed E-state index contributed by atoms with van der Waals surface area (Å²) in [6.45, 7) is 0.212. The van der Waals surface area contributed by atoms with Gasteiger partial charge in [0, 0.05) is 11.6 Å². The van der Waals surface area contributed by atoms with Crippen LogP contribution in [0.2, 0.25) is 5.02 Å². The number of rotatable bonds is 6. The number of carbonyl (C=O) groups is 1. The second-order valence-electron chi connectivity index (χ2n) is 5.07. The zero-order valence-corrected chi connectivity index (χ0v) is 14.2. The molecule has 2 aromatic carbocycles. The van der Waals surface area contributed by atoms with Crippen LogP contribution in [0, 0.1) is 0 Å². The van der Waals surface area contributed by atoms with Crippen LogP contribution in [0.1, 0.15) is 5.56 Å². The molecule has 25 heavy (non-hydrogen) atoms. The first kappa shape index (κ1) is 16.9. The van der Waals surface area contributed by atoms with E-state index in [0.29, 0.717) is 27.8 Å². The highest BCUT2D eigenvalue weighted by Gasteiger charge is 2.15. The minimum atomic E-state index is -0.306. The zero-order chi connectivity index (χ0) is 17.6. The number of ether oxygens (including phenoxy) is 3. The monoisotopic (exact) mass is 361 g/mol. The fourth-order valence-electron chi connectivity index (χ4n) is 2.21. The maximum Gasteiger partial charge on any atom is 0.259 e. The average molecular weight is 362 g/mol. The Kier molecular flexibility index (Phi) is 5.25. The van der Waals surface area contributed by atoms with Crippen molar-refractivity contribution in [2.75, 3.05) is 25.8 Å². The van der Waals surface area contributed by atoms with Gasteiger partial charge in [-0.2, -0.15) is 5.10 Å². The molecule has 8 heteroatoms. The maximum atomic E-state index is 11.9. The normalized spacial score (nSPS) is 12.2. The molecule has 1 heterocycles. The number of fused-ring (bicyclic) bond motifs is 1. The molecule has 0 fully saturated rings. The van der Waals surface area contributed by atoms with E-state index < -0.39 is 0 Å². The summed E-state index contributed by atoms with van der Waals surface area (Å²) in [5.41, 5.74) is 3.77. The van der Waals surface area contributed by atoms with E-state index in [1.165, 1.54) is 6.21 Å². The Morgan fingerprint density at radius 1 is 1.32 bits per heavy atom. The lowest BCUT2D eigenvalue weighted by atomic mass is 10.2. The van der Waals surface area contributed by atoms with Gasteiger partial charge in [-0.15, -0.1) is 0 Å². The van der Waals surface area contributed by atoms with E-state index in [-0.39, 0.29) is 19.2 Å². The van der Waals surface area contributed by atoms with E-state index in [9.17, 15) is 4.79 Å². The number of halogens is 1. The number of anilines is 1. The van der Waals surface area contributed by atoms with E-state index in [1.807, 2.05) is 18.2 Å². The highest BCUT2D eigenvalue weighted by atomic mass is 35.5. The van der Waals surface area contributed by atoms with Gasteiger partial charge in [-0.3, -0.25) is 4.79 Å². The van der Waals surface area contributed by atoms with E-state index in [2.05, 4.69) is 15.8 Å². The predicted molar refractivity (Wildman–Crippen MR) is 94.8 cm³/mol. The Morgan fingerprint density at radius 2 is 2.08 bits per heavy atom. The Balaban J connectivity index is 1.55. The molecule has 7 nitrogen and oxygen atoms in total. The average Bonchev–Trinajstić information content (AvgIpc) is 3.07. The third-order valence-electron chi connectivity index (χ3n) is 3.43. The Bertz CT molecular complexity index is 810. The molecule has 2 aromatic rings. The maximum absolute atomic E-state index is 11.9. The van der Waals surface area contributed by atoms with Crippen LogP contribution >= 0.6 is 11.6 Å². The van der Waals surface area contributed by atoms with Crippen LogP contribution in [0.25, 0.3) is 0 Å². The first-order chi connectivity index (χ1) is 12.2. The van der Waals surface area contributed by atoms with Crippen molar-refractivity contribution in [2.45, 2.75) is 0 Å². The number of amides is 1. The molecule has 0 saturated heterocycles. The Hall–Kier alpha value is -2.93. The molecule has 130 valence electrons. The first-order valence-electron chi connectivity index (χ1n) is 7.45. The largest absolute Gasteiger partial charge is 0.495 e. The van der Waals surface area contributed by atoms with Crippen molar-refractivity contribution in [2.24, 2.45) is 5.10 Å². The van der Waals surface area contributed by atoms with Gasteiger partial charge in [-0.1, -0.05) is 23.7 Å². The molecule has 0 aromatic heterocycles. The molecule has 0 unspecified atom stereocenters. The van der Waals surface area contributed by atoms with Gasteiger partial charge in [0.05, 0.1) is 30.6 Å². The lowest BCUT2D eigenvalue weighted by Crippen LogP contribution is -2.26. The summed E-state index contributed by atoms with van der Waals surface area (Å²) < 4.78 is 15.7. The summed E-state index contributed by atoms with van der Waals surface area (Å²) in [6.07, 6.45) is 1.45. The van der Waals surface area contributed by atoms with Crippen LogP contribution in [0.5, 0.6) is 17.2 Å². The van der Waals surface area contributed by atoms with Gasteiger partial charge in [-0.05, 0) is 18.2 Å². The number of methoxy groups -OCH3 is 1. The summed E-state index contributed by atoms with van der Waals surface area (Å²) in [5.74, 6) is 1.53. The summed E-state index contributed by atoms with van der Waals surface area (Å²) in [4.78, 5) is 11.9. The third-order valence-corrected chi connectivity index (χ3v) is 3.76. The molecule has 0 radical (unpaired) electrons. The molecular weight excluding hydrogens is 346 g/mol. The van der Waals surface area contributed by atoms with Crippen LogP contribution in [0.15, 0.2) is 41.5 Å². The van der Waals surface area contributed by atoms with Crippen LogP contribution < -0.4 is 25.0 Å². The van der Waals surface area contributed by atoms with Crippen LogP contribution in [0.3, 0.4) is 0 Å². The molecule has 1 aliphatic rings. The number of carbonyl (C=O) groups excluding carboxylic acids is 1. The minimum Gasteiger partial charge on any atom is -0.495 e. The van der Waals surface area contributed by atoms with Gasteiger partial charge in [-0.25, -0.2) is 5.43 Å². The molecular formula is C17H16ClN3O4. The molecule has 0 bridgehead atoms. The number of para-hydroxylation sites is 2. The van der Waals surface area contributed by atoms with Gasteiger partial charge < -0.3 is 19.5 Å². The van der Waals surface area contributed by atoms with Crippen molar-refractivity contribution in [3.8, 4) is 17.2 Å². The highest BCUT2D eigenvalue weighted by molar-refractivity contribution is 6.33. The molecule has 0 aliphatic carbocycles. The Morgan fingerprint density at radius 3 is 2.88 bits per heavy atom. The van der Waals surface area contributed by atoms with Gasteiger partial charge in [0.25, 0.3) is 5.91 Å². The molecule has 2 N–H and O–H groups in total. The fraction of sp³-hybridized carbons (Fsp3) is 0.176. The van der Waals surface area contributed by atoms with Crippen molar-refractivity contribution in [3.63, 3.8) is 0 Å². The second-order valence-corrected chi connectivity index (χ2v) is 5.48. The number of nitrogens with zero attached hydrogens (tertiary/aromatic N) is 1. The van der Waals surface area contributed by atoms with Crippen molar-refractivity contribution in [1.82, 2.24) is 5.43 Å². The molecule has 3 rings (SSSR count). The molecule has 0 spiro atoms. The zero-order valence-electron chi connectivity index (χ0n) is 13.4. The van der Waals surface area contributed by atoms with Crippen molar-refractivity contribution >= 4 is 29.4 Å². The highest BCUT2D eigenvalue weighted by Crippen LogP contribution is 2.36. The van der Waals surface area contributed by atoms with Crippen molar-refractivity contribution in [1.29, 1.82) is 0 Å². The quantitative estimate of drug-likeness (QED) is 0.610. The molecule has 0 atom stereocenters. The first-order valence-corrected chi connectivity index (χ1v) is 7.83. The number of benzene rings is 2. The van der Waals surface area contributed by atoms with Crippen molar-refractivity contribution < 1.29 is 19.0 Å². The number of hydrogen-bond acceptors (Lipinski definition) is 6. The van der Waals surface area contributed by atoms with E-state index in [0.717, 1.165) is 5.69 Å². The van der Waals surface area contributed by atoms with Crippen molar-refractivity contribution in [3.05, 3.63) is 47.0 Å². The Labute approximate surface area is 149 Å². The van der Waals surface area contributed by atoms with Crippen LogP contribution in [0.4, 0.5) is 5.69 Å². The van der Waals surface area contributed by atoms with Crippen LogP contribution in [-0.2, 0) is 4.79 Å². The van der Waals surface area contributed by atoms with Gasteiger partial charge in [0.2, 0.25) is 6.79 Å². The lowest BCUT2D eigenvalue weighted by Gasteiger charge is -2.09.